The SMILES string of the molecule is COCc1ccccc1NCc1cc(C)c(C)cc1C. The highest BCUT2D eigenvalue weighted by Crippen LogP contribution is 2.20. The highest BCUT2D eigenvalue weighted by atomic mass is 16.5. The van der Waals surface area contributed by atoms with Gasteiger partial charge < -0.3 is 10.1 Å². The van der Waals surface area contributed by atoms with Crippen LogP contribution in [0, 0.1) is 20.8 Å². The van der Waals surface area contributed by atoms with E-state index in [0.717, 1.165) is 12.2 Å². The van der Waals surface area contributed by atoms with Gasteiger partial charge in [-0.3, -0.25) is 0 Å². The van der Waals surface area contributed by atoms with Gasteiger partial charge in [0.2, 0.25) is 0 Å². The summed E-state index contributed by atoms with van der Waals surface area (Å²) in [5.74, 6) is 0. The summed E-state index contributed by atoms with van der Waals surface area (Å²) in [7, 11) is 1.73. The molecule has 0 saturated carbocycles. The molecule has 0 unspecified atom stereocenters. The lowest BCUT2D eigenvalue weighted by molar-refractivity contribution is 0.185. The van der Waals surface area contributed by atoms with E-state index in [-0.39, 0.29) is 0 Å². The van der Waals surface area contributed by atoms with E-state index >= 15 is 0 Å². The Kier molecular flexibility index (Phi) is 4.80. The van der Waals surface area contributed by atoms with Crippen LogP contribution in [0.15, 0.2) is 36.4 Å². The van der Waals surface area contributed by atoms with E-state index in [1.165, 1.54) is 27.8 Å². The number of nitrogens with one attached hydrogen (secondary N) is 1. The van der Waals surface area contributed by atoms with Crippen LogP contribution < -0.4 is 5.32 Å². The van der Waals surface area contributed by atoms with Gasteiger partial charge in [0.1, 0.15) is 0 Å². The molecule has 0 fully saturated rings. The number of aryl methyl sites for hydroxylation is 3. The summed E-state index contributed by atoms with van der Waals surface area (Å²) in [6.07, 6.45) is 0. The Morgan fingerprint density at radius 1 is 0.900 bits per heavy atom. The summed E-state index contributed by atoms with van der Waals surface area (Å²) in [6, 6.07) is 12.8. The fourth-order valence-electron chi connectivity index (χ4n) is 2.38. The summed E-state index contributed by atoms with van der Waals surface area (Å²) in [6.45, 7) is 7.97. The quantitative estimate of drug-likeness (QED) is 0.870. The summed E-state index contributed by atoms with van der Waals surface area (Å²) in [5.41, 5.74) is 7.72. The lowest BCUT2D eigenvalue weighted by atomic mass is 10.0. The van der Waals surface area contributed by atoms with Gasteiger partial charge in [0.05, 0.1) is 6.61 Å². The minimum Gasteiger partial charge on any atom is -0.381 e. The molecule has 20 heavy (non-hydrogen) atoms. The van der Waals surface area contributed by atoms with Crippen molar-refractivity contribution in [2.24, 2.45) is 0 Å². The van der Waals surface area contributed by atoms with Crippen molar-refractivity contribution in [1.29, 1.82) is 0 Å². The van der Waals surface area contributed by atoms with Crippen molar-refractivity contribution >= 4 is 5.69 Å². The van der Waals surface area contributed by atoms with Crippen molar-refractivity contribution in [3.8, 4) is 0 Å². The molecule has 0 heterocycles. The van der Waals surface area contributed by atoms with E-state index in [1.807, 2.05) is 6.07 Å². The highest BCUT2D eigenvalue weighted by Gasteiger charge is 2.04. The van der Waals surface area contributed by atoms with E-state index < -0.39 is 0 Å². The van der Waals surface area contributed by atoms with Crippen LogP contribution in [-0.2, 0) is 17.9 Å². The van der Waals surface area contributed by atoms with Crippen LogP contribution in [-0.4, -0.2) is 7.11 Å². The largest absolute Gasteiger partial charge is 0.381 e. The Bertz CT molecular complexity index is 590. The first-order chi connectivity index (χ1) is 9.61. The molecule has 0 saturated heterocycles. The van der Waals surface area contributed by atoms with Crippen LogP contribution in [0.2, 0.25) is 0 Å². The topological polar surface area (TPSA) is 21.3 Å². The fraction of sp³-hybridized carbons (Fsp3) is 0.333. The Morgan fingerprint density at radius 2 is 1.60 bits per heavy atom. The Morgan fingerprint density at radius 3 is 2.35 bits per heavy atom. The zero-order chi connectivity index (χ0) is 14.5. The second-order valence-corrected chi connectivity index (χ2v) is 5.31. The molecule has 0 spiro atoms. The molecule has 2 nitrogen and oxygen atoms in total. The van der Waals surface area contributed by atoms with Crippen molar-refractivity contribution in [3.05, 3.63) is 64.2 Å². The van der Waals surface area contributed by atoms with Crippen LogP contribution in [0.4, 0.5) is 5.69 Å². The zero-order valence-corrected chi connectivity index (χ0v) is 12.8. The number of methoxy groups -OCH3 is 1. The molecule has 0 aliphatic heterocycles. The van der Waals surface area contributed by atoms with Crippen LogP contribution in [0.3, 0.4) is 0 Å². The van der Waals surface area contributed by atoms with Gasteiger partial charge in [-0.1, -0.05) is 30.3 Å². The molecule has 0 bridgehead atoms. The van der Waals surface area contributed by atoms with Gasteiger partial charge in [0.25, 0.3) is 0 Å². The molecule has 2 aromatic rings. The molecule has 0 aliphatic carbocycles. The zero-order valence-electron chi connectivity index (χ0n) is 12.8. The monoisotopic (exact) mass is 269 g/mol. The molecule has 0 aromatic heterocycles. The second-order valence-electron chi connectivity index (χ2n) is 5.31. The normalized spacial score (nSPS) is 10.6. The molecule has 106 valence electrons. The smallest absolute Gasteiger partial charge is 0.0733 e. The number of rotatable bonds is 5. The number of hydrogen-bond acceptors (Lipinski definition) is 2. The third-order valence-corrected chi connectivity index (χ3v) is 3.74. The van der Waals surface area contributed by atoms with E-state index in [9.17, 15) is 0 Å². The molecular formula is C18H23NO. The predicted molar refractivity (Wildman–Crippen MR) is 85.1 cm³/mol. The van der Waals surface area contributed by atoms with Gasteiger partial charge in [-0.2, -0.15) is 0 Å². The van der Waals surface area contributed by atoms with Crippen molar-refractivity contribution in [3.63, 3.8) is 0 Å². The van der Waals surface area contributed by atoms with Gasteiger partial charge in [-0.05, 0) is 49.1 Å². The van der Waals surface area contributed by atoms with Crippen molar-refractivity contribution < 1.29 is 4.74 Å². The molecule has 2 aromatic carbocycles. The molecule has 0 radical (unpaired) electrons. The van der Waals surface area contributed by atoms with Crippen LogP contribution in [0.25, 0.3) is 0 Å². The van der Waals surface area contributed by atoms with E-state index in [0.29, 0.717) is 6.61 Å². The first-order valence-corrected chi connectivity index (χ1v) is 6.99. The summed E-state index contributed by atoms with van der Waals surface area (Å²) >= 11 is 0. The van der Waals surface area contributed by atoms with Crippen LogP contribution >= 0.6 is 0 Å². The highest BCUT2D eigenvalue weighted by molar-refractivity contribution is 5.51. The summed E-state index contributed by atoms with van der Waals surface area (Å²) in [5, 5.41) is 3.52. The predicted octanol–water partition coefficient (Wildman–Crippen LogP) is 4.37. The average Bonchev–Trinajstić information content (AvgIpc) is 2.43. The average molecular weight is 269 g/mol. The number of benzene rings is 2. The lowest BCUT2D eigenvalue weighted by Gasteiger charge is -2.14. The lowest BCUT2D eigenvalue weighted by Crippen LogP contribution is -2.05. The van der Waals surface area contributed by atoms with E-state index in [4.69, 9.17) is 4.74 Å². The molecule has 2 rings (SSSR count). The minimum absolute atomic E-state index is 0.634. The van der Waals surface area contributed by atoms with E-state index in [2.05, 4.69) is 56.4 Å². The van der Waals surface area contributed by atoms with Crippen LogP contribution in [0.5, 0.6) is 0 Å². The Balaban J connectivity index is 2.15. The Labute approximate surface area is 121 Å². The molecular weight excluding hydrogens is 246 g/mol. The van der Waals surface area contributed by atoms with Gasteiger partial charge in [-0.25, -0.2) is 0 Å². The third-order valence-electron chi connectivity index (χ3n) is 3.74. The standard InChI is InChI=1S/C18H23NO/c1-13-9-15(3)17(10-14(13)2)11-19-18-8-6-5-7-16(18)12-20-4/h5-10,19H,11-12H2,1-4H3. The molecule has 1 N–H and O–H groups in total. The second kappa shape index (κ2) is 6.58. The van der Waals surface area contributed by atoms with Crippen molar-refractivity contribution in [2.75, 3.05) is 12.4 Å². The van der Waals surface area contributed by atoms with Crippen LogP contribution in [0.1, 0.15) is 27.8 Å². The first-order valence-electron chi connectivity index (χ1n) is 6.99. The van der Waals surface area contributed by atoms with Gasteiger partial charge >= 0.3 is 0 Å². The van der Waals surface area contributed by atoms with E-state index in [1.54, 1.807) is 7.11 Å². The van der Waals surface area contributed by atoms with Crippen molar-refractivity contribution in [1.82, 2.24) is 0 Å². The first kappa shape index (κ1) is 14.6. The molecule has 2 heteroatoms. The maximum Gasteiger partial charge on any atom is 0.0733 e. The summed E-state index contributed by atoms with van der Waals surface area (Å²) in [4.78, 5) is 0. The molecule has 0 amide bonds. The van der Waals surface area contributed by atoms with Crippen molar-refractivity contribution in [2.45, 2.75) is 33.9 Å². The third kappa shape index (κ3) is 3.40. The number of para-hydroxylation sites is 1. The number of hydrogen-bond donors (Lipinski definition) is 1. The van der Waals surface area contributed by atoms with Gasteiger partial charge in [0.15, 0.2) is 0 Å². The number of ether oxygens (including phenoxy) is 1. The minimum atomic E-state index is 0.634. The van der Waals surface area contributed by atoms with Gasteiger partial charge in [0, 0.05) is 24.9 Å². The molecule has 0 atom stereocenters. The Hall–Kier alpha value is -1.80. The maximum atomic E-state index is 5.24. The summed E-state index contributed by atoms with van der Waals surface area (Å²) < 4.78 is 5.24. The molecule has 0 aliphatic rings. The maximum absolute atomic E-state index is 5.24. The number of anilines is 1. The fourth-order valence-corrected chi connectivity index (χ4v) is 2.38. The van der Waals surface area contributed by atoms with Gasteiger partial charge in [-0.15, -0.1) is 0 Å².